The Morgan fingerprint density at radius 3 is 3.05 bits per heavy atom. The first-order valence-electron chi connectivity index (χ1n) is 7.37. The molecule has 2 bridgehead atoms. The number of hydrogen-bond donors (Lipinski definition) is 2. The average molecular weight is 268 g/mol. The molecular weight excluding hydrogens is 252 g/mol. The molecule has 2 N–H and O–H groups in total. The van der Waals surface area contributed by atoms with Gasteiger partial charge in [-0.25, -0.2) is 9.78 Å². The Balaban J connectivity index is 1.84. The summed E-state index contributed by atoms with van der Waals surface area (Å²) in [5, 5.41) is 1.05. The summed E-state index contributed by atoms with van der Waals surface area (Å²) in [5.41, 5.74) is 2.75. The predicted octanol–water partition coefficient (Wildman–Crippen LogP) is 2.57. The van der Waals surface area contributed by atoms with Crippen molar-refractivity contribution in [2.75, 3.05) is 0 Å². The molecule has 0 saturated heterocycles. The maximum Gasteiger partial charge on any atom is 0.326 e. The Morgan fingerprint density at radius 2 is 2.25 bits per heavy atom. The Hall–Kier alpha value is -2.04. The maximum atomic E-state index is 12.4. The van der Waals surface area contributed by atoms with E-state index in [1.54, 1.807) is 6.20 Å². The highest BCUT2D eigenvalue weighted by Gasteiger charge is 2.41. The summed E-state index contributed by atoms with van der Waals surface area (Å²) in [7, 11) is 0. The van der Waals surface area contributed by atoms with E-state index < -0.39 is 0 Å². The minimum atomic E-state index is 0.0213. The second-order valence-corrected chi connectivity index (χ2v) is 6.30. The third kappa shape index (κ3) is 1.23. The molecule has 0 unspecified atom stereocenters. The molecule has 0 radical (unpaired) electrons. The van der Waals surface area contributed by atoms with E-state index >= 15 is 0 Å². The van der Waals surface area contributed by atoms with Gasteiger partial charge in [-0.05, 0) is 37.2 Å². The van der Waals surface area contributed by atoms with Crippen LogP contribution in [0.25, 0.3) is 22.1 Å². The lowest BCUT2D eigenvalue weighted by atomic mass is 9.95. The smallest absolute Gasteiger partial charge is 0.326 e. The lowest BCUT2D eigenvalue weighted by Crippen LogP contribution is -2.26. The standard InChI is InChI=1S/C15H16N4O/c20-15-18-11-7-17-14-10(3-4-16-14)13(11)19(15)12-6-8-1-2-9(12)5-8/h3-4,7-9,12H,1-2,5-6H2,(H,16,17)(H,18,20)/t8-,9+,12-/m0/s1. The minimum absolute atomic E-state index is 0.0213. The van der Waals surface area contributed by atoms with Crippen LogP contribution in [0.2, 0.25) is 0 Å². The zero-order valence-corrected chi connectivity index (χ0v) is 11.1. The molecule has 0 spiro atoms. The summed E-state index contributed by atoms with van der Waals surface area (Å²) in [5.74, 6) is 1.50. The second kappa shape index (κ2) is 3.53. The number of aromatic nitrogens is 4. The van der Waals surface area contributed by atoms with Gasteiger partial charge in [0.2, 0.25) is 0 Å². The molecule has 0 amide bonds. The molecule has 5 rings (SSSR count). The molecule has 3 heterocycles. The molecule has 3 atom stereocenters. The van der Waals surface area contributed by atoms with Gasteiger partial charge >= 0.3 is 5.69 Å². The SMILES string of the molecule is O=c1[nH]c2cnc3[nH]ccc3c2n1[C@H]1C[C@H]2CC[C@@H]1C2. The minimum Gasteiger partial charge on any atom is -0.346 e. The number of rotatable bonds is 1. The van der Waals surface area contributed by atoms with Crippen LogP contribution in [0.1, 0.15) is 31.7 Å². The van der Waals surface area contributed by atoms with Crippen molar-refractivity contribution in [3.05, 3.63) is 28.9 Å². The van der Waals surface area contributed by atoms with Gasteiger partial charge in [-0.2, -0.15) is 0 Å². The van der Waals surface area contributed by atoms with Crippen molar-refractivity contribution in [2.24, 2.45) is 11.8 Å². The van der Waals surface area contributed by atoms with Gasteiger partial charge < -0.3 is 9.97 Å². The molecule has 2 saturated carbocycles. The lowest BCUT2D eigenvalue weighted by molar-refractivity contribution is 0.330. The average Bonchev–Trinajstić information content (AvgIpc) is 3.19. The number of pyridine rings is 1. The first-order chi connectivity index (χ1) is 9.81. The molecule has 5 nitrogen and oxygen atoms in total. The van der Waals surface area contributed by atoms with Crippen molar-refractivity contribution in [1.29, 1.82) is 0 Å². The van der Waals surface area contributed by atoms with Crippen molar-refractivity contribution >= 4 is 22.1 Å². The van der Waals surface area contributed by atoms with Crippen molar-refractivity contribution in [3.8, 4) is 0 Å². The molecule has 3 aromatic heterocycles. The van der Waals surface area contributed by atoms with E-state index in [2.05, 4.69) is 15.0 Å². The van der Waals surface area contributed by atoms with E-state index in [1.165, 1.54) is 19.3 Å². The van der Waals surface area contributed by atoms with Crippen LogP contribution in [0.5, 0.6) is 0 Å². The Labute approximate surface area is 115 Å². The number of H-pyrrole nitrogens is 2. The van der Waals surface area contributed by atoms with Gasteiger partial charge in [0.05, 0.1) is 17.2 Å². The predicted molar refractivity (Wildman–Crippen MR) is 76.7 cm³/mol. The third-order valence-corrected chi connectivity index (χ3v) is 5.29. The summed E-state index contributed by atoms with van der Waals surface area (Å²) in [6, 6.07) is 2.39. The molecule has 2 aliphatic rings. The number of imidazole rings is 1. The van der Waals surface area contributed by atoms with Crippen molar-refractivity contribution in [2.45, 2.75) is 31.7 Å². The number of fused-ring (bicyclic) bond motifs is 5. The zero-order chi connectivity index (χ0) is 13.3. The van der Waals surface area contributed by atoms with Gasteiger partial charge in [0.15, 0.2) is 0 Å². The van der Waals surface area contributed by atoms with E-state index in [0.29, 0.717) is 12.0 Å². The van der Waals surface area contributed by atoms with E-state index in [9.17, 15) is 4.79 Å². The number of hydrogen-bond acceptors (Lipinski definition) is 2. The first kappa shape index (κ1) is 10.7. The second-order valence-electron chi connectivity index (χ2n) is 6.30. The zero-order valence-electron chi connectivity index (χ0n) is 11.1. The fourth-order valence-electron chi connectivity index (χ4n) is 4.47. The highest BCUT2D eigenvalue weighted by Crippen LogP contribution is 2.51. The Morgan fingerprint density at radius 1 is 1.30 bits per heavy atom. The van der Waals surface area contributed by atoms with Crippen molar-refractivity contribution in [3.63, 3.8) is 0 Å². The van der Waals surface area contributed by atoms with Crippen LogP contribution >= 0.6 is 0 Å². The van der Waals surface area contributed by atoms with Crippen molar-refractivity contribution in [1.82, 2.24) is 19.5 Å². The van der Waals surface area contributed by atoms with Gasteiger partial charge in [-0.1, -0.05) is 6.42 Å². The van der Waals surface area contributed by atoms with Crippen LogP contribution in [0.3, 0.4) is 0 Å². The fourth-order valence-corrected chi connectivity index (χ4v) is 4.47. The quantitative estimate of drug-likeness (QED) is 0.712. The monoisotopic (exact) mass is 268 g/mol. The molecular formula is C15H16N4O. The first-order valence-corrected chi connectivity index (χ1v) is 7.37. The Bertz CT molecular complexity index is 871. The molecule has 5 heteroatoms. The number of nitrogens with zero attached hydrogens (tertiary/aromatic N) is 2. The Kier molecular flexibility index (Phi) is 1.89. The van der Waals surface area contributed by atoms with Gasteiger partial charge in [-0.3, -0.25) is 4.57 Å². The van der Waals surface area contributed by atoms with E-state index in [0.717, 1.165) is 34.4 Å². The summed E-state index contributed by atoms with van der Waals surface area (Å²) in [6.07, 6.45) is 8.73. The molecule has 2 fully saturated rings. The van der Waals surface area contributed by atoms with Crippen LogP contribution in [-0.4, -0.2) is 19.5 Å². The summed E-state index contributed by atoms with van der Waals surface area (Å²) < 4.78 is 2.01. The van der Waals surface area contributed by atoms with Crippen LogP contribution in [-0.2, 0) is 0 Å². The van der Waals surface area contributed by atoms with Crippen molar-refractivity contribution < 1.29 is 0 Å². The largest absolute Gasteiger partial charge is 0.346 e. The molecule has 3 aromatic rings. The topological polar surface area (TPSA) is 66.5 Å². The third-order valence-electron chi connectivity index (χ3n) is 5.29. The highest BCUT2D eigenvalue weighted by atomic mass is 16.1. The lowest BCUT2D eigenvalue weighted by Gasteiger charge is -2.23. The van der Waals surface area contributed by atoms with Crippen LogP contribution in [0, 0.1) is 11.8 Å². The molecule has 20 heavy (non-hydrogen) atoms. The molecule has 102 valence electrons. The highest BCUT2D eigenvalue weighted by molar-refractivity contribution is 6.00. The van der Waals surface area contributed by atoms with Gasteiger partial charge in [0, 0.05) is 17.6 Å². The van der Waals surface area contributed by atoms with E-state index in [4.69, 9.17) is 0 Å². The van der Waals surface area contributed by atoms with Crippen LogP contribution < -0.4 is 5.69 Å². The van der Waals surface area contributed by atoms with E-state index in [1.807, 2.05) is 16.8 Å². The summed E-state index contributed by atoms with van der Waals surface area (Å²) >= 11 is 0. The molecule has 0 aromatic carbocycles. The number of nitrogens with one attached hydrogen (secondary N) is 2. The summed E-state index contributed by atoms with van der Waals surface area (Å²) in [6.45, 7) is 0. The van der Waals surface area contributed by atoms with Crippen LogP contribution in [0.15, 0.2) is 23.3 Å². The number of aromatic amines is 2. The van der Waals surface area contributed by atoms with Gasteiger partial charge in [0.1, 0.15) is 5.65 Å². The fraction of sp³-hybridized carbons (Fsp3) is 0.467. The van der Waals surface area contributed by atoms with E-state index in [-0.39, 0.29) is 5.69 Å². The summed E-state index contributed by atoms with van der Waals surface area (Å²) in [4.78, 5) is 22.9. The molecule has 0 aliphatic heterocycles. The normalized spacial score (nSPS) is 28.9. The molecule has 2 aliphatic carbocycles. The van der Waals surface area contributed by atoms with Crippen LogP contribution in [0.4, 0.5) is 0 Å². The maximum absolute atomic E-state index is 12.4. The van der Waals surface area contributed by atoms with Gasteiger partial charge in [0.25, 0.3) is 0 Å². The van der Waals surface area contributed by atoms with Gasteiger partial charge in [-0.15, -0.1) is 0 Å².